The van der Waals surface area contributed by atoms with Gasteiger partial charge in [0.2, 0.25) is 0 Å². The molecular weight excluding hydrogens is 306 g/mol. The van der Waals surface area contributed by atoms with Crippen molar-refractivity contribution in [2.45, 2.75) is 23.5 Å². The Kier molecular flexibility index (Phi) is 6.19. The number of likely N-dealkylation sites (N-methyl/N-ethyl adjacent to an activating group) is 2. The molecule has 1 aliphatic rings. The van der Waals surface area contributed by atoms with E-state index >= 15 is 0 Å². The van der Waals surface area contributed by atoms with Crippen molar-refractivity contribution in [3.05, 3.63) is 17.0 Å². The van der Waals surface area contributed by atoms with E-state index in [9.17, 15) is 8.42 Å². The lowest BCUT2D eigenvalue weighted by molar-refractivity contribution is 0.310. The molecule has 1 fully saturated rings. The van der Waals surface area contributed by atoms with Gasteiger partial charge in [-0.3, -0.25) is 0 Å². The molecule has 120 valence electrons. The van der Waals surface area contributed by atoms with Crippen LogP contribution in [0.1, 0.15) is 17.7 Å². The van der Waals surface area contributed by atoms with Crippen molar-refractivity contribution in [1.82, 2.24) is 14.5 Å². The summed E-state index contributed by atoms with van der Waals surface area (Å²) in [5, 5.41) is 3.08. The van der Waals surface area contributed by atoms with Gasteiger partial charge in [0, 0.05) is 25.0 Å². The first-order chi connectivity index (χ1) is 10.0. The number of thiophene rings is 1. The first-order valence-electron chi connectivity index (χ1n) is 7.46. The molecule has 2 rings (SSSR count). The van der Waals surface area contributed by atoms with Crippen LogP contribution in [-0.2, 0) is 16.4 Å². The van der Waals surface area contributed by atoms with Gasteiger partial charge in [0.05, 0.1) is 0 Å². The third-order valence-electron chi connectivity index (χ3n) is 3.85. The van der Waals surface area contributed by atoms with E-state index in [4.69, 9.17) is 0 Å². The van der Waals surface area contributed by atoms with Gasteiger partial charge < -0.3 is 10.2 Å². The number of sulfonamides is 1. The van der Waals surface area contributed by atoms with Crippen LogP contribution in [0.3, 0.4) is 0 Å². The van der Waals surface area contributed by atoms with E-state index in [1.165, 1.54) is 28.5 Å². The van der Waals surface area contributed by atoms with Gasteiger partial charge in [0.25, 0.3) is 10.0 Å². The summed E-state index contributed by atoms with van der Waals surface area (Å²) >= 11 is 1.38. The van der Waals surface area contributed by atoms with Crippen molar-refractivity contribution >= 4 is 21.4 Å². The van der Waals surface area contributed by atoms with Crippen LogP contribution in [0.2, 0.25) is 0 Å². The van der Waals surface area contributed by atoms with E-state index in [1.807, 2.05) is 13.1 Å². The van der Waals surface area contributed by atoms with E-state index in [0.717, 1.165) is 37.5 Å². The standard InChI is InChI=1S/C14H25N3O2S2/c1-15-8-7-13-5-6-14(20-13)21(18,19)16(2)11-12-17-9-3-4-10-17/h5-6,15H,3-4,7-12H2,1-2H3. The molecule has 0 unspecified atom stereocenters. The summed E-state index contributed by atoms with van der Waals surface area (Å²) in [6.45, 7) is 4.45. The molecule has 2 heterocycles. The van der Waals surface area contributed by atoms with Gasteiger partial charge >= 0.3 is 0 Å². The molecule has 0 amide bonds. The van der Waals surface area contributed by atoms with Gasteiger partial charge in [-0.2, -0.15) is 4.31 Å². The van der Waals surface area contributed by atoms with Gasteiger partial charge in [-0.25, -0.2) is 8.42 Å². The number of hydrogen-bond acceptors (Lipinski definition) is 5. The summed E-state index contributed by atoms with van der Waals surface area (Å²) in [5.74, 6) is 0. The van der Waals surface area contributed by atoms with E-state index < -0.39 is 10.0 Å². The average Bonchev–Trinajstić information content (AvgIpc) is 3.13. The molecule has 0 saturated carbocycles. The maximum absolute atomic E-state index is 12.5. The number of nitrogens with one attached hydrogen (secondary N) is 1. The van der Waals surface area contributed by atoms with E-state index in [-0.39, 0.29) is 0 Å². The van der Waals surface area contributed by atoms with E-state index in [2.05, 4.69) is 10.2 Å². The molecule has 1 saturated heterocycles. The SMILES string of the molecule is CNCCc1ccc(S(=O)(=O)N(C)CCN2CCCC2)s1. The predicted molar refractivity (Wildman–Crippen MR) is 87.4 cm³/mol. The quantitative estimate of drug-likeness (QED) is 0.778. The van der Waals surface area contributed by atoms with Crippen molar-refractivity contribution in [1.29, 1.82) is 0 Å². The van der Waals surface area contributed by atoms with Crippen LogP contribution in [-0.4, -0.2) is 64.4 Å². The van der Waals surface area contributed by atoms with Crippen molar-refractivity contribution in [3.63, 3.8) is 0 Å². The minimum Gasteiger partial charge on any atom is -0.319 e. The van der Waals surface area contributed by atoms with Gasteiger partial charge in [-0.15, -0.1) is 11.3 Å². The summed E-state index contributed by atoms with van der Waals surface area (Å²) in [6, 6.07) is 3.65. The summed E-state index contributed by atoms with van der Waals surface area (Å²) < 4.78 is 27.0. The molecule has 0 bridgehead atoms. The smallest absolute Gasteiger partial charge is 0.252 e. The van der Waals surface area contributed by atoms with Gasteiger partial charge in [0.1, 0.15) is 4.21 Å². The fraction of sp³-hybridized carbons (Fsp3) is 0.714. The molecule has 21 heavy (non-hydrogen) atoms. The third kappa shape index (κ3) is 4.50. The minimum atomic E-state index is -3.33. The Hall–Kier alpha value is -0.470. The molecule has 1 aromatic heterocycles. The van der Waals surface area contributed by atoms with Crippen LogP contribution in [0.15, 0.2) is 16.3 Å². The van der Waals surface area contributed by atoms with Gasteiger partial charge in [-0.05, 0) is 58.1 Å². The molecule has 1 N–H and O–H groups in total. The largest absolute Gasteiger partial charge is 0.319 e. The minimum absolute atomic E-state index is 0.456. The highest BCUT2D eigenvalue weighted by molar-refractivity contribution is 7.91. The van der Waals surface area contributed by atoms with Crippen LogP contribution >= 0.6 is 11.3 Å². The van der Waals surface area contributed by atoms with Crippen molar-refractivity contribution in [3.8, 4) is 0 Å². The Bertz CT molecular complexity index is 536. The second-order valence-corrected chi connectivity index (χ2v) is 8.89. The van der Waals surface area contributed by atoms with Gasteiger partial charge in [-0.1, -0.05) is 0 Å². The maximum atomic E-state index is 12.5. The Morgan fingerprint density at radius 1 is 1.33 bits per heavy atom. The van der Waals surface area contributed by atoms with Gasteiger partial charge in [0.15, 0.2) is 0 Å². The first-order valence-corrected chi connectivity index (χ1v) is 9.71. The molecule has 0 aliphatic carbocycles. The zero-order valence-corrected chi connectivity index (χ0v) is 14.5. The Labute approximate surface area is 132 Å². The highest BCUT2D eigenvalue weighted by Gasteiger charge is 2.23. The summed E-state index contributed by atoms with van der Waals surface area (Å²) in [6.07, 6.45) is 3.33. The topological polar surface area (TPSA) is 52.7 Å². The predicted octanol–water partition coefficient (Wildman–Crippen LogP) is 1.23. The molecule has 0 aromatic carbocycles. The number of likely N-dealkylation sites (tertiary alicyclic amines) is 1. The average molecular weight is 332 g/mol. The summed E-state index contributed by atoms with van der Waals surface area (Å²) in [7, 11) is 0.249. The third-order valence-corrected chi connectivity index (χ3v) is 7.32. The number of rotatable bonds is 8. The van der Waals surface area contributed by atoms with Crippen molar-refractivity contribution in [2.24, 2.45) is 0 Å². The van der Waals surface area contributed by atoms with Crippen molar-refractivity contribution in [2.75, 3.05) is 46.8 Å². The molecule has 5 nitrogen and oxygen atoms in total. The monoisotopic (exact) mass is 331 g/mol. The molecule has 0 spiro atoms. The van der Waals surface area contributed by atoms with Crippen LogP contribution in [0.25, 0.3) is 0 Å². The second kappa shape index (κ2) is 7.69. The molecule has 0 atom stereocenters. The Balaban J connectivity index is 1.93. The highest BCUT2D eigenvalue weighted by atomic mass is 32.2. The molecule has 1 aliphatic heterocycles. The summed E-state index contributed by atoms with van der Waals surface area (Å²) in [4.78, 5) is 3.44. The van der Waals surface area contributed by atoms with E-state index in [1.54, 1.807) is 13.1 Å². The Morgan fingerprint density at radius 3 is 2.71 bits per heavy atom. The van der Waals surface area contributed by atoms with Crippen LogP contribution < -0.4 is 5.32 Å². The lowest BCUT2D eigenvalue weighted by Gasteiger charge is -2.20. The maximum Gasteiger partial charge on any atom is 0.252 e. The Morgan fingerprint density at radius 2 is 2.05 bits per heavy atom. The van der Waals surface area contributed by atoms with E-state index in [0.29, 0.717) is 10.8 Å². The fourth-order valence-corrected chi connectivity index (χ4v) is 5.17. The first kappa shape index (κ1) is 16.9. The van der Waals surface area contributed by atoms with Crippen LogP contribution in [0, 0.1) is 0 Å². The molecule has 0 radical (unpaired) electrons. The zero-order valence-electron chi connectivity index (χ0n) is 12.8. The summed E-state index contributed by atoms with van der Waals surface area (Å²) in [5.41, 5.74) is 0. The van der Waals surface area contributed by atoms with Crippen LogP contribution in [0.5, 0.6) is 0 Å². The molecule has 1 aromatic rings. The van der Waals surface area contributed by atoms with Crippen molar-refractivity contribution < 1.29 is 8.42 Å². The fourth-order valence-electron chi connectivity index (χ4n) is 2.44. The molecular formula is C14H25N3O2S2. The number of hydrogen-bond donors (Lipinski definition) is 1. The lowest BCUT2D eigenvalue weighted by Crippen LogP contribution is -2.34. The molecule has 7 heteroatoms. The highest BCUT2D eigenvalue weighted by Crippen LogP contribution is 2.24. The van der Waals surface area contributed by atoms with Crippen LogP contribution in [0.4, 0.5) is 0 Å². The lowest BCUT2D eigenvalue weighted by atomic mass is 10.3. The second-order valence-electron chi connectivity index (χ2n) is 5.45. The zero-order chi connectivity index (χ0) is 15.3. The number of nitrogens with zero attached hydrogens (tertiary/aromatic N) is 2. The normalized spacial score (nSPS) is 16.9.